The molecule has 1 heterocycles. The van der Waals surface area contributed by atoms with E-state index in [0.29, 0.717) is 18.4 Å². The van der Waals surface area contributed by atoms with Crippen LogP contribution in [-0.4, -0.2) is 68.4 Å². The van der Waals surface area contributed by atoms with Gasteiger partial charge in [0, 0.05) is 25.4 Å². The minimum atomic E-state index is -3.04. The van der Waals surface area contributed by atoms with Crippen molar-refractivity contribution >= 4 is 15.7 Å². The van der Waals surface area contributed by atoms with E-state index in [0.717, 1.165) is 32.4 Å². The highest BCUT2D eigenvalue weighted by Gasteiger charge is 2.38. The molecule has 0 aromatic carbocycles. The van der Waals surface area contributed by atoms with E-state index in [-0.39, 0.29) is 17.2 Å². The molecule has 0 aromatic rings. The van der Waals surface area contributed by atoms with E-state index in [4.69, 9.17) is 0 Å². The van der Waals surface area contributed by atoms with Crippen LogP contribution in [0.1, 0.15) is 39.5 Å². The van der Waals surface area contributed by atoms with Crippen LogP contribution in [0.3, 0.4) is 0 Å². The van der Waals surface area contributed by atoms with Gasteiger partial charge in [-0.25, -0.2) is 8.42 Å². The van der Waals surface area contributed by atoms with E-state index < -0.39 is 9.84 Å². The summed E-state index contributed by atoms with van der Waals surface area (Å²) < 4.78 is 23.8. The summed E-state index contributed by atoms with van der Waals surface area (Å²) in [5, 5.41) is -0.315. The highest BCUT2D eigenvalue weighted by molar-refractivity contribution is 7.91. The molecule has 5 nitrogen and oxygen atoms in total. The smallest absolute Gasteiger partial charge is 0.236 e. The molecule has 1 aliphatic heterocycles. The lowest BCUT2D eigenvalue weighted by Gasteiger charge is -2.37. The molecule has 0 aromatic heterocycles. The molecule has 1 aliphatic carbocycles. The SMILES string of the molecule is C[C@@H]1C[C@H](C)CN(C(=O)CN(C)[C@@H]2CCC[C@@H]2S(C)(=O)=O)C1. The van der Waals surface area contributed by atoms with Crippen molar-refractivity contribution in [2.45, 2.75) is 50.8 Å². The Morgan fingerprint density at radius 2 is 1.77 bits per heavy atom. The van der Waals surface area contributed by atoms with Crippen molar-refractivity contribution in [2.24, 2.45) is 11.8 Å². The third-order valence-corrected chi connectivity index (χ3v) is 6.79. The summed E-state index contributed by atoms with van der Waals surface area (Å²) in [4.78, 5) is 16.5. The fourth-order valence-corrected chi connectivity index (χ4v) is 5.72. The number of hydrogen-bond acceptors (Lipinski definition) is 4. The number of nitrogens with zero attached hydrogens (tertiary/aromatic N) is 2. The summed E-state index contributed by atoms with van der Waals surface area (Å²) >= 11 is 0. The molecule has 0 N–H and O–H groups in total. The lowest BCUT2D eigenvalue weighted by Crippen LogP contribution is -2.50. The molecular formula is C16H30N2O3S. The summed E-state index contributed by atoms with van der Waals surface area (Å²) in [5.74, 6) is 1.24. The number of amides is 1. The number of sulfone groups is 1. The van der Waals surface area contributed by atoms with Crippen molar-refractivity contribution in [3.8, 4) is 0 Å². The highest BCUT2D eigenvalue weighted by atomic mass is 32.2. The highest BCUT2D eigenvalue weighted by Crippen LogP contribution is 2.29. The molecule has 128 valence electrons. The molecule has 2 rings (SSSR count). The average Bonchev–Trinajstić information content (AvgIpc) is 2.86. The second-order valence-corrected chi connectivity index (χ2v) is 9.79. The van der Waals surface area contributed by atoms with Crippen LogP contribution >= 0.6 is 0 Å². The lowest BCUT2D eigenvalue weighted by molar-refractivity contribution is -0.135. The number of carbonyl (C=O) groups is 1. The second kappa shape index (κ2) is 6.87. The van der Waals surface area contributed by atoms with Crippen LogP contribution in [0.4, 0.5) is 0 Å². The maximum Gasteiger partial charge on any atom is 0.236 e. The average molecular weight is 330 g/mol. The van der Waals surface area contributed by atoms with E-state index in [1.54, 1.807) is 0 Å². The Balaban J connectivity index is 1.96. The number of piperidine rings is 1. The van der Waals surface area contributed by atoms with Crippen molar-refractivity contribution in [1.29, 1.82) is 0 Å². The summed E-state index contributed by atoms with van der Waals surface area (Å²) in [7, 11) is -1.15. The first-order chi connectivity index (χ1) is 10.2. The summed E-state index contributed by atoms with van der Waals surface area (Å²) in [6.45, 7) is 6.37. The standard InChI is InChI=1S/C16H30N2O3S/c1-12-8-13(2)10-18(9-12)16(19)11-17(3)14-6-5-7-15(14)22(4,20)21/h12-15H,5-11H2,1-4H3/t12-,13+,14-,15+/m1/s1. The maximum atomic E-state index is 12.5. The molecule has 6 heteroatoms. The first-order valence-electron chi connectivity index (χ1n) is 8.35. The minimum Gasteiger partial charge on any atom is -0.341 e. The Labute approximate surface area is 135 Å². The van der Waals surface area contributed by atoms with Gasteiger partial charge in [-0.2, -0.15) is 0 Å². The zero-order chi connectivity index (χ0) is 16.5. The predicted molar refractivity (Wildman–Crippen MR) is 88.4 cm³/mol. The van der Waals surface area contributed by atoms with Crippen molar-refractivity contribution in [1.82, 2.24) is 9.80 Å². The molecular weight excluding hydrogens is 300 g/mol. The van der Waals surface area contributed by atoms with Crippen LogP contribution < -0.4 is 0 Å². The number of rotatable bonds is 4. The summed E-state index contributed by atoms with van der Waals surface area (Å²) in [5.41, 5.74) is 0. The monoisotopic (exact) mass is 330 g/mol. The van der Waals surface area contributed by atoms with Crippen molar-refractivity contribution < 1.29 is 13.2 Å². The van der Waals surface area contributed by atoms with Gasteiger partial charge in [0.1, 0.15) is 0 Å². The van der Waals surface area contributed by atoms with Crippen molar-refractivity contribution in [3.05, 3.63) is 0 Å². The number of hydrogen-bond donors (Lipinski definition) is 0. The Bertz CT molecular complexity index is 496. The van der Waals surface area contributed by atoms with E-state index in [2.05, 4.69) is 13.8 Å². The van der Waals surface area contributed by atoms with Crippen LogP contribution in [-0.2, 0) is 14.6 Å². The molecule has 2 fully saturated rings. The Morgan fingerprint density at radius 3 is 2.32 bits per heavy atom. The third kappa shape index (κ3) is 4.22. The van der Waals surface area contributed by atoms with Crippen LogP contribution in [0, 0.1) is 11.8 Å². The van der Waals surface area contributed by atoms with Gasteiger partial charge < -0.3 is 4.90 Å². The van der Waals surface area contributed by atoms with Crippen LogP contribution in [0.15, 0.2) is 0 Å². The molecule has 0 unspecified atom stereocenters. The minimum absolute atomic E-state index is 0.0152. The topological polar surface area (TPSA) is 57.7 Å². The van der Waals surface area contributed by atoms with Crippen LogP contribution in [0.25, 0.3) is 0 Å². The number of likely N-dealkylation sites (N-methyl/N-ethyl adjacent to an activating group) is 1. The van der Waals surface area contributed by atoms with Crippen LogP contribution in [0.2, 0.25) is 0 Å². The van der Waals surface area contributed by atoms with E-state index in [1.807, 2.05) is 16.8 Å². The molecule has 22 heavy (non-hydrogen) atoms. The quantitative estimate of drug-likeness (QED) is 0.781. The first-order valence-corrected chi connectivity index (χ1v) is 10.3. The molecule has 0 spiro atoms. The van der Waals surface area contributed by atoms with Crippen molar-refractivity contribution in [2.75, 3.05) is 32.9 Å². The van der Waals surface area contributed by atoms with Gasteiger partial charge in [-0.05, 0) is 38.1 Å². The predicted octanol–water partition coefficient (Wildman–Crippen LogP) is 1.39. The fourth-order valence-electron chi connectivity index (χ4n) is 4.21. The molecule has 0 bridgehead atoms. The Kier molecular flexibility index (Phi) is 5.54. The van der Waals surface area contributed by atoms with E-state index in [9.17, 15) is 13.2 Å². The largest absolute Gasteiger partial charge is 0.341 e. The molecule has 1 saturated heterocycles. The van der Waals surface area contributed by atoms with Gasteiger partial charge in [0.25, 0.3) is 0 Å². The first kappa shape index (κ1) is 17.7. The van der Waals surface area contributed by atoms with E-state index >= 15 is 0 Å². The maximum absolute atomic E-state index is 12.5. The van der Waals surface area contributed by atoms with Gasteiger partial charge in [0.2, 0.25) is 5.91 Å². The van der Waals surface area contributed by atoms with Gasteiger partial charge in [-0.1, -0.05) is 20.3 Å². The zero-order valence-electron chi connectivity index (χ0n) is 14.3. The second-order valence-electron chi connectivity index (χ2n) is 7.53. The van der Waals surface area contributed by atoms with E-state index in [1.165, 1.54) is 12.7 Å². The summed E-state index contributed by atoms with van der Waals surface area (Å²) in [6, 6.07) is -0.0152. The van der Waals surface area contributed by atoms with Crippen LogP contribution in [0.5, 0.6) is 0 Å². The molecule has 1 amide bonds. The Hall–Kier alpha value is -0.620. The number of likely N-dealkylation sites (tertiary alicyclic amines) is 1. The van der Waals surface area contributed by atoms with Gasteiger partial charge in [0.15, 0.2) is 9.84 Å². The van der Waals surface area contributed by atoms with Gasteiger partial charge in [-0.15, -0.1) is 0 Å². The normalized spacial score (nSPS) is 33.4. The summed E-state index contributed by atoms with van der Waals surface area (Å²) in [6.07, 6.45) is 5.02. The van der Waals surface area contributed by atoms with Gasteiger partial charge in [0.05, 0.1) is 11.8 Å². The lowest BCUT2D eigenvalue weighted by atomic mass is 9.92. The molecule has 2 aliphatic rings. The molecule has 0 radical (unpaired) electrons. The zero-order valence-corrected chi connectivity index (χ0v) is 15.1. The van der Waals surface area contributed by atoms with Gasteiger partial charge >= 0.3 is 0 Å². The van der Waals surface area contributed by atoms with Gasteiger partial charge in [-0.3, -0.25) is 9.69 Å². The number of carbonyl (C=O) groups excluding carboxylic acids is 1. The third-order valence-electron chi connectivity index (χ3n) is 5.14. The van der Waals surface area contributed by atoms with Crippen molar-refractivity contribution in [3.63, 3.8) is 0 Å². The molecule has 1 saturated carbocycles. The Morgan fingerprint density at radius 1 is 1.18 bits per heavy atom. The molecule has 4 atom stereocenters. The fraction of sp³-hybridized carbons (Fsp3) is 0.938.